The van der Waals surface area contributed by atoms with E-state index in [0.29, 0.717) is 29.2 Å². The number of nitrogens with two attached hydrogens (primary N) is 1. The van der Waals surface area contributed by atoms with Gasteiger partial charge in [-0.15, -0.1) is 0 Å². The third-order valence-corrected chi connectivity index (χ3v) is 4.67. The van der Waals surface area contributed by atoms with Crippen molar-refractivity contribution in [3.63, 3.8) is 0 Å². The van der Waals surface area contributed by atoms with Gasteiger partial charge in [-0.3, -0.25) is 0 Å². The molecule has 1 atom stereocenters. The Morgan fingerprint density at radius 2 is 1.57 bits per heavy atom. The lowest BCUT2D eigenvalue weighted by Crippen LogP contribution is -2.18. The maximum Gasteiger partial charge on any atom is 0.162 e. The third kappa shape index (κ3) is 2.93. The van der Waals surface area contributed by atoms with Crippen LogP contribution in [-0.2, 0) is 0 Å². The van der Waals surface area contributed by atoms with Crippen molar-refractivity contribution in [1.82, 2.24) is 0 Å². The molecule has 0 fully saturated rings. The van der Waals surface area contributed by atoms with Gasteiger partial charge in [0.15, 0.2) is 11.5 Å². The first-order valence-electron chi connectivity index (χ1n) is 6.36. The number of fused-ring (bicyclic) bond motifs is 1. The summed E-state index contributed by atoms with van der Waals surface area (Å²) in [5.74, 6) is 1.06. The SMILES string of the molecule is NC(c1ccc(F)cc1Br)c1cc2c(cc1Br)OCCO2. The van der Waals surface area contributed by atoms with Gasteiger partial charge in [-0.05, 0) is 35.4 Å². The summed E-state index contributed by atoms with van der Waals surface area (Å²) < 4.78 is 25.8. The summed E-state index contributed by atoms with van der Waals surface area (Å²) in [7, 11) is 0. The molecule has 3 rings (SSSR count). The van der Waals surface area contributed by atoms with Gasteiger partial charge >= 0.3 is 0 Å². The predicted octanol–water partition coefficient (Wildman–Crippen LogP) is 4.17. The van der Waals surface area contributed by atoms with Crippen molar-refractivity contribution in [2.24, 2.45) is 5.73 Å². The molecule has 1 aliphatic heterocycles. The van der Waals surface area contributed by atoms with E-state index in [9.17, 15) is 4.39 Å². The van der Waals surface area contributed by atoms with E-state index < -0.39 is 6.04 Å². The summed E-state index contributed by atoms with van der Waals surface area (Å²) in [6.45, 7) is 1.05. The van der Waals surface area contributed by atoms with E-state index in [1.54, 1.807) is 6.07 Å². The summed E-state index contributed by atoms with van der Waals surface area (Å²) in [6.07, 6.45) is 0. The first kappa shape index (κ1) is 14.8. The van der Waals surface area contributed by atoms with E-state index in [2.05, 4.69) is 31.9 Å². The highest BCUT2D eigenvalue weighted by atomic mass is 79.9. The zero-order valence-electron chi connectivity index (χ0n) is 10.9. The Hall–Kier alpha value is -1.11. The van der Waals surface area contributed by atoms with Gasteiger partial charge < -0.3 is 15.2 Å². The molecule has 0 aliphatic carbocycles. The first-order chi connectivity index (χ1) is 10.1. The van der Waals surface area contributed by atoms with Crippen LogP contribution in [-0.4, -0.2) is 13.2 Å². The highest BCUT2D eigenvalue weighted by Crippen LogP contribution is 2.39. The highest BCUT2D eigenvalue weighted by molar-refractivity contribution is 9.10. The van der Waals surface area contributed by atoms with Gasteiger partial charge in [0.05, 0.1) is 6.04 Å². The van der Waals surface area contributed by atoms with Crippen molar-refractivity contribution in [2.75, 3.05) is 13.2 Å². The smallest absolute Gasteiger partial charge is 0.162 e. The molecular weight excluding hydrogens is 405 g/mol. The molecule has 3 nitrogen and oxygen atoms in total. The molecule has 0 radical (unpaired) electrons. The summed E-state index contributed by atoms with van der Waals surface area (Å²) in [5.41, 5.74) is 7.98. The normalized spacial score (nSPS) is 14.9. The highest BCUT2D eigenvalue weighted by Gasteiger charge is 2.20. The van der Waals surface area contributed by atoms with E-state index >= 15 is 0 Å². The minimum absolute atomic E-state index is 0.306. The molecular formula is C15H12Br2FNO2. The number of hydrogen-bond acceptors (Lipinski definition) is 3. The predicted molar refractivity (Wildman–Crippen MR) is 85.3 cm³/mol. The van der Waals surface area contributed by atoms with E-state index in [-0.39, 0.29) is 5.82 Å². The van der Waals surface area contributed by atoms with Crippen LogP contribution in [0, 0.1) is 5.82 Å². The fraction of sp³-hybridized carbons (Fsp3) is 0.200. The topological polar surface area (TPSA) is 44.5 Å². The molecule has 2 aromatic rings. The Kier molecular flexibility index (Phi) is 4.19. The molecule has 2 N–H and O–H groups in total. The Morgan fingerprint density at radius 1 is 0.952 bits per heavy atom. The summed E-state index contributed by atoms with van der Waals surface area (Å²) in [5, 5.41) is 0. The zero-order valence-corrected chi connectivity index (χ0v) is 14.1. The van der Waals surface area contributed by atoms with Crippen molar-refractivity contribution in [3.8, 4) is 11.5 Å². The van der Waals surface area contributed by atoms with Crippen LogP contribution in [0.1, 0.15) is 17.2 Å². The minimum Gasteiger partial charge on any atom is -0.486 e. The van der Waals surface area contributed by atoms with Gasteiger partial charge in [0, 0.05) is 8.95 Å². The minimum atomic E-state index is -0.412. The van der Waals surface area contributed by atoms with E-state index in [4.69, 9.17) is 15.2 Å². The van der Waals surface area contributed by atoms with Gasteiger partial charge in [0.25, 0.3) is 0 Å². The van der Waals surface area contributed by atoms with Crippen molar-refractivity contribution >= 4 is 31.9 Å². The largest absolute Gasteiger partial charge is 0.486 e. The maximum atomic E-state index is 13.2. The molecule has 2 aromatic carbocycles. The van der Waals surface area contributed by atoms with Gasteiger partial charge in [0.1, 0.15) is 19.0 Å². The lowest BCUT2D eigenvalue weighted by atomic mass is 9.99. The lowest BCUT2D eigenvalue weighted by molar-refractivity contribution is 0.171. The molecule has 1 aliphatic rings. The van der Waals surface area contributed by atoms with Gasteiger partial charge in [-0.25, -0.2) is 4.39 Å². The van der Waals surface area contributed by atoms with Crippen molar-refractivity contribution < 1.29 is 13.9 Å². The van der Waals surface area contributed by atoms with Crippen LogP contribution >= 0.6 is 31.9 Å². The number of ether oxygens (including phenoxy) is 2. The Bertz CT molecular complexity index is 694. The standard InChI is InChI=1S/C15H12Br2FNO2/c16-11-5-8(18)1-2-9(11)15(19)10-6-13-14(7-12(10)17)21-4-3-20-13/h1-2,5-7,15H,3-4,19H2. The molecule has 0 spiro atoms. The van der Waals surface area contributed by atoms with Gasteiger partial charge in [-0.1, -0.05) is 37.9 Å². The van der Waals surface area contributed by atoms with Crippen molar-refractivity contribution in [3.05, 3.63) is 56.2 Å². The Morgan fingerprint density at radius 3 is 2.24 bits per heavy atom. The molecule has 110 valence electrons. The molecule has 0 amide bonds. The molecule has 0 aromatic heterocycles. The summed E-state index contributed by atoms with van der Waals surface area (Å²) in [4.78, 5) is 0. The zero-order chi connectivity index (χ0) is 15.0. The quantitative estimate of drug-likeness (QED) is 0.798. The lowest BCUT2D eigenvalue weighted by Gasteiger charge is -2.22. The molecule has 0 bridgehead atoms. The molecule has 21 heavy (non-hydrogen) atoms. The van der Waals surface area contributed by atoms with Crippen LogP contribution in [0.15, 0.2) is 39.3 Å². The summed E-state index contributed by atoms with van der Waals surface area (Å²) in [6, 6.07) is 7.77. The number of benzene rings is 2. The van der Waals surface area contributed by atoms with Crippen LogP contribution in [0.4, 0.5) is 4.39 Å². The second kappa shape index (κ2) is 5.94. The van der Waals surface area contributed by atoms with Crippen molar-refractivity contribution in [2.45, 2.75) is 6.04 Å². The van der Waals surface area contributed by atoms with Crippen LogP contribution in [0.25, 0.3) is 0 Å². The maximum absolute atomic E-state index is 13.2. The van der Waals surface area contributed by atoms with Crippen LogP contribution in [0.5, 0.6) is 11.5 Å². The fourth-order valence-corrected chi connectivity index (χ4v) is 3.41. The van der Waals surface area contributed by atoms with Crippen molar-refractivity contribution in [1.29, 1.82) is 0 Å². The molecule has 1 heterocycles. The Labute approximate surface area is 138 Å². The first-order valence-corrected chi connectivity index (χ1v) is 7.94. The Balaban J connectivity index is 2.03. The fourth-order valence-electron chi connectivity index (χ4n) is 2.24. The monoisotopic (exact) mass is 415 g/mol. The molecule has 0 saturated carbocycles. The molecule has 1 unspecified atom stereocenters. The molecule has 6 heteroatoms. The van der Waals surface area contributed by atoms with Gasteiger partial charge in [0.2, 0.25) is 0 Å². The van der Waals surface area contributed by atoms with Crippen LogP contribution in [0.3, 0.4) is 0 Å². The van der Waals surface area contributed by atoms with Gasteiger partial charge in [-0.2, -0.15) is 0 Å². The van der Waals surface area contributed by atoms with E-state index in [1.165, 1.54) is 12.1 Å². The average molecular weight is 417 g/mol. The second-order valence-corrected chi connectivity index (χ2v) is 6.37. The second-order valence-electron chi connectivity index (χ2n) is 4.66. The van der Waals surface area contributed by atoms with Crippen LogP contribution < -0.4 is 15.2 Å². The third-order valence-electron chi connectivity index (χ3n) is 3.29. The van der Waals surface area contributed by atoms with Crippen LogP contribution in [0.2, 0.25) is 0 Å². The number of hydrogen-bond donors (Lipinski definition) is 1. The summed E-state index contributed by atoms with van der Waals surface area (Å²) >= 11 is 6.86. The molecule has 0 saturated heterocycles. The van der Waals surface area contributed by atoms with E-state index in [0.717, 1.165) is 15.6 Å². The number of rotatable bonds is 2. The van der Waals surface area contributed by atoms with E-state index in [1.807, 2.05) is 12.1 Å². The number of halogens is 3. The average Bonchev–Trinajstić information content (AvgIpc) is 2.46.